The van der Waals surface area contributed by atoms with Crippen LogP contribution in [0.3, 0.4) is 0 Å². The number of carbonyl (C=O) groups excluding carboxylic acids is 1. The van der Waals surface area contributed by atoms with Gasteiger partial charge in [0.2, 0.25) is 0 Å². The first-order valence-corrected chi connectivity index (χ1v) is 4.37. The van der Waals surface area contributed by atoms with Crippen LogP contribution < -0.4 is 0 Å². The normalized spacial score (nSPS) is 6.50. The molecule has 0 saturated carbocycles. The molecule has 0 rings (SSSR count). The molecule has 0 aromatic carbocycles. The molecule has 0 amide bonds. The minimum atomic E-state index is -2.00. The Labute approximate surface area is 84.0 Å². The quantitative estimate of drug-likeness (QED) is 0.337. The fourth-order valence-electron chi connectivity index (χ4n) is 0.228. The molecule has 0 aliphatic rings. The Hall–Kier alpha value is 0.660. The molecule has 0 heterocycles. The summed E-state index contributed by atoms with van der Waals surface area (Å²) in [6, 6.07) is 0. The predicted octanol–water partition coefficient (Wildman–Crippen LogP) is 0.947. The Balaban J connectivity index is -0.000000107. The van der Waals surface area contributed by atoms with Crippen molar-refractivity contribution in [1.29, 1.82) is 0 Å². The molecular formula is C5H9IrO3Ta-. The Kier molecular flexibility index (Phi) is 38.3. The van der Waals surface area contributed by atoms with Crippen LogP contribution in [-0.2, 0) is 51.8 Å². The van der Waals surface area contributed by atoms with E-state index in [9.17, 15) is 4.79 Å². The van der Waals surface area contributed by atoms with E-state index in [0.29, 0.717) is 6.42 Å². The number of rotatable bonds is 3. The van der Waals surface area contributed by atoms with Gasteiger partial charge in [-0.05, 0) is 0 Å². The van der Waals surface area contributed by atoms with Crippen LogP contribution in [0.15, 0.2) is 0 Å². The van der Waals surface area contributed by atoms with Gasteiger partial charge in [-0.2, -0.15) is 6.42 Å². The molecular weight excluding hydrogens is 481 g/mol. The molecule has 5 heteroatoms. The molecule has 0 bridgehead atoms. The van der Waals surface area contributed by atoms with Crippen molar-refractivity contribution in [2.45, 2.75) is 19.3 Å². The summed E-state index contributed by atoms with van der Waals surface area (Å²) >= 11 is -2.00. The van der Waals surface area contributed by atoms with Crippen molar-refractivity contribution < 1.29 is 51.8 Å². The van der Waals surface area contributed by atoms with Crippen LogP contribution in [0.5, 0.6) is 0 Å². The maximum atomic E-state index is 9.54. The van der Waals surface area contributed by atoms with Gasteiger partial charge in [-0.15, -0.1) is 0 Å². The van der Waals surface area contributed by atoms with E-state index in [1.165, 1.54) is 0 Å². The molecule has 0 spiro atoms. The molecule has 0 aromatic rings. The van der Waals surface area contributed by atoms with Crippen molar-refractivity contribution in [2.75, 3.05) is 0 Å². The second kappa shape index (κ2) is 22.6. The molecule has 0 unspecified atom stereocenters. The summed E-state index contributed by atoms with van der Waals surface area (Å²) in [5.74, 6) is 0. The van der Waals surface area contributed by atoms with Gasteiger partial charge in [0.1, 0.15) is 6.29 Å². The largest absolute Gasteiger partial charge is 0 e. The zero-order valence-electron chi connectivity index (χ0n) is 5.41. The summed E-state index contributed by atoms with van der Waals surface area (Å²) in [4.78, 5) is 9.54. The summed E-state index contributed by atoms with van der Waals surface area (Å²) in [5.41, 5.74) is 0. The van der Waals surface area contributed by atoms with Crippen LogP contribution in [0.1, 0.15) is 19.3 Å². The number of carbonyl (C=O) groups is 1. The van der Waals surface area contributed by atoms with Gasteiger partial charge >= 0.3 is 24.6 Å². The molecule has 62 valence electrons. The van der Waals surface area contributed by atoms with Gasteiger partial charge in [0.15, 0.2) is 0 Å². The van der Waals surface area contributed by atoms with Crippen LogP contribution in [0.25, 0.3) is 0 Å². The summed E-state index contributed by atoms with van der Waals surface area (Å²) < 4.78 is 17.0. The topological polar surface area (TPSA) is 51.2 Å². The standard InChI is InChI=1S/C5H9O.Ir.2O.Ta/c1-2-3-4-5-6;;;;/h5H,1-4H2;;;;/q-1;;;;. The monoisotopic (exact) mass is 491 g/mol. The number of aldehydes is 1. The van der Waals surface area contributed by atoms with Crippen molar-refractivity contribution in [3.63, 3.8) is 0 Å². The third-order valence-electron chi connectivity index (χ3n) is 0.572. The van der Waals surface area contributed by atoms with E-state index in [4.69, 9.17) is 7.01 Å². The van der Waals surface area contributed by atoms with Gasteiger partial charge in [-0.25, -0.2) is 0 Å². The van der Waals surface area contributed by atoms with Crippen LogP contribution >= 0.6 is 0 Å². The van der Waals surface area contributed by atoms with Crippen molar-refractivity contribution in [1.82, 2.24) is 0 Å². The average Bonchev–Trinajstić information content (AvgIpc) is 1.86. The molecule has 0 aromatic heterocycles. The third kappa shape index (κ3) is 37.9. The van der Waals surface area contributed by atoms with E-state index in [0.717, 1.165) is 19.1 Å². The zero-order valence-corrected chi connectivity index (χ0v) is 11.0. The smallest absolute Gasteiger partial charge is 0 e. The fourth-order valence-corrected chi connectivity index (χ4v) is 0.228. The molecule has 0 aliphatic carbocycles. The summed E-state index contributed by atoms with van der Waals surface area (Å²) in [7, 11) is 0. The first-order valence-electron chi connectivity index (χ1n) is 2.42. The molecule has 0 atom stereocenters. The molecule has 0 saturated heterocycles. The molecule has 1 radical (unpaired) electrons. The van der Waals surface area contributed by atoms with Crippen LogP contribution in [-0.4, -0.2) is 6.29 Å². The molecule has 0 fully saturated rings. The van der Waals surface area contributed by atoms with Crippen molar-refractivity contribution in [3.8, 4) is 0 Å². The minimum absolute atomic E-state index is 0. The van der Waals surface area contributed by atoms with Crippen LogP contribution in [0.2, 0.25) is 0 Å². The fraction of sp³-hybridized carbons (Fsp3) is 0.600. The summed E-state index contributed by atoms with van der Waals surface area (Å²) in [6.07, 6.45) is 3.40. The Bertz CT molecular complexity index is 90.9. The van der Waals surface area contributed by atoms with Gasteiger partial charge in [0.25, 0.3) is 0 Å². The van der Waals surface area contributed by atoms with E-state index in [2.05, 4.69) is 6.92 Å². The Morgan fingerprint density at radius 2 is 1.80 bits per heavy atom. The predicted molar refractivity (Wildman–Crippen MR) is 26.6 cm³/mol. The molecule has 0 N–H and O–H groups in total. The van der Waals surface area contributed by atoms with Crippen LogP contribution in [0, 0.1) is 6.92 Å². The maximum absolute atomic E-state index is 9.54. The van der Waals surface area contributed by atoms with E-state index >= 15 is 0 Å². The average molecular weight is 490 g/mol. The van der Waals surface area contributed by atoms with E-state index in [1.54, 1.807) is 0 Å². The second-order valence-corrected chi connectivity index (χ2v) is 1.62. The van der Waals surface area contributed by atoms with E-state index < -0.39 is 17.6 Å². The van der Waals surface area contributed by atoms with Gasteiger partial charge in [0, 0.05) is 28.8 Å². The first-order chi connectivity index (χ1) is 4.33. The van der Waals surface area contributed by atoms with E-state index in [1.807, 2.05) is 0 Å². The van der Waals surface area contributed by atoms with Crippen LogP contribution in [0.4, 0.5) is 0 Å². The first kappa shape index (κ1) is 17.0. The molecule has 3 nitrogen and oxygen atoms in total. The van der Waals surface area contributed by atoms with E-state index in [-0.39, 0.29) is 22.4 Å². The van der Waals surface area contributed by atoms with Gasteiger partial charge in [0.05, 0.1) is 0 Å². The minimum Gasteiger partial charge on any atom is 0 e. The van der Waals surface area contributed by atoms with Gasteiger partial charge in [-0.3, -0.25) is 0 Å². The second-order valence-electron chi connectivity index (χ2n) is 1.22. The van der Waals surface area contributed by atoms with Crippen molar-refractivity contribution >= 4 is 6.29 Å². The number of hydrogen-bond acceptors (Lipinski definition) is 3. The summed E-state index contributed by atoms with van der Waals surface area (Å²) in [6.45, 7) is 3.56. The molecule has 10 heavy (non-hydrogen) atoms. The van der Waals surface area contributed by atoms with Gasteiger partial charge in [-0.1, -0.05) is 6.42 Å². The Morgan fingerprint density at radius 3 is 1.90 bits per heavy atom. The van der Waals surface area contributed by atoms with Crippen molar-refractivity contribution in [3.05, 3.63) is 6.92 Å². The summed E-state index contributed by atoms with van der Waals surface area (Å²) in [5, 5.41) is 0. The number of unbranched alkanes of at least 4 members (excludes halogenated alkanes) is 2. The zero-order chi connectivity index (χ0) is 7.54. The molecule has 0 aliphatic heterocycles. The SMILES string of the molecule is [CH2-]CCCC=O.[O]=[Ir]=[O].[Ta]. The van der Waals surface area contributed by atoms with Gasteiger partial charge < -0.3 is 11.7 Å². The number of hydrogen-bond donors (Lipinski definition) is 0. The maximum Gasteiger partial charge on any atom is 0 e. The van der Waals surface area contributed by atoms with Crippen molar-refractivity contribution in [2.24, 2.45) is 0 Å². The third-order valence-corrected chi connectivity index (χ3v) is 0.572. The Morgan fingerprint density at radius 1 is 1.40 bits per heavy atom.